The summed E-state index contributed by atoms with van der Waals surface area (Å²) in [6.45, 7) is 6.97. The van der Waals surface area contributed by atoms with Gasteiger partial charge in [-0.2, -0.15) is 0 Å². The fourth-order valence-corrected chi connectivity index (χ4v) is 5.03. The topological polar surface area (TPSA) is 64.2 Å². The minimum atomic E-state index is -0.327. The number of fused-ring (bicyclic) bond motifs is 1. The molecule has 0 aliphatic rings. The quantitative estimate of drug-likeness (QED) is 0.260. The van der Waals surface area contributed by atoms with E-state index in [-0.39, 0.29) is 11.7 Å². The second kappa shape index (κ2) is 9.93. The van der Waals surface area contributed by atoms with Gasteiger partial charge in [0.2, 0.25) is 0 Å². The van der Waals surface area contributed by atoms with Crippen molar-refractivity contribution in [1.29, 1.82) is 0 Å². The number of aromatic nitrogens is 3. The third kappa shape index (κ3) is 5.04. The van der Waals surface area contributed by atoms with Gasteiger partial charge in [0.1, 0.15) is 5.58 Å². The SMILES string of the molecule is CCC(c1nnc(SCc2cc(=O)oc3cc(C)c(C)cc23)n1Cc1ccccc1)N(C)C. The fraction of sp³-hybridized carbons (Fsp3) is 0.346. The van der Waals surface area contributed by atoms with E-state index in [1.807, 2.05) is 19.1 Å². The summed E-state index contributed by atoms with van der Waals surface area (Å²) in [7, 11) is 4.14. The van der Waals surface area contributed by atoms with Crippen LogP contribution in [-0.2, 0) is 12.3 Å². The van der Waals surface area contributed by atoms with Gasteiger partial charge in [0.05, 0.1) is 12.6 Å². The summed E-state index contributed by atoms with van der Waals surface area (Å²) in [5, 5.41) is 11.0. The molecule has 0 bridgehead atoms. The molecule has 0 radical (unpaired) electrons. The van der Waals surface area contributed by atoms with Gasteiger partial charge in [-0.15, -0.1) is 10.2 Å². The van der Waals surface area contributed by atoms with Gasteiger partial charge in [-0.3, -0.25) is 4.90 Å². The first-order chi connectivity index (χ1) is 15.9. The Morgan fingerprint density at radius 2 is 1.79 bits per heavy atom. The predicted molar refractivity (Wildman–Crippen MR) is 134 cm³/mol. The Morgan fingerprint density at radius 1 is 1.06 bits per heavy atom. The van der Waals surface area contributed by atoms with E-state index < -0.39 is 0 Å². The summed E-state index contributed by atoms with van der Waals surface area (Å²) in [6, 6.07) is 16.2. The van der Waals surface area contributed by atoms with Crippen molar-refractivity contribution in [3.05, 3.63) is 87.0 Å². The number of hydrogen-bond acceptors (Lipinski definition) is 6. The van der Waals surface area contributed by atoms with Crippen molar-refractivity contribution in [1.82, 2.24) is 19.7 Å². The molecule has 1 unspecified atom stereocenters. The summed E-state index contributed by atoms with van der Waals surface area (Å²) >= 11 is 1.60. The number of hydrogen-bond donors (Lipinski definition) is 0. The smallest absolute Gasteiger partial charge is 0.336 e. The van der Waals surface area contributed by atoms with Gasteiger partial charge in [0.15, 0.2) is 11.0 Å². The van der Waals surface area contributed by atoms with E-state index in [0.717, 1.165) is 33.9 Å². The first kappa shape index (κ1) is 23.3. The maximum atomic E-state index is 12.2. The van der Waals surface area contributed by atoms with Gasteiger partial charge in [-0.1, -0.05) is 49.0 Å². The molecule has 0 spiro atoms. The molecular formula is C26H30N4O2S. The molecule has 0 aliphatic heterocycles. The Balaban J connectivity index is 1.71. The van der Waals surface area contributed by atoms with Crippen LogP contribution >= 0.6 is 11.8 Å². The third-order valence-corrected chi connectivity index (χ3v) is 7.05. The van der Waals surface area contributed by atoms with Gasteiger partial charge in [0.25, 0.3) is 0 Å². The van der Waals surface area contributed by atoms with Crippen molar-refractivity contribution in [2.75, 3.05) is 14.1 Å². The number of aryl methyl sites for hydroxylation is 2. The Bertz CT molecular complexity index is 1310. The van der Waals surface area contributed by atoms with Crippen LogP contribution < -0.4 is 5.63 Å². The van der Waals surface area contributed by atoms with Crippen LogP contribution in [0.3, 0.4) is 0 Å². The molecule has 0 aliphatic carbocycles. The molecule has 2 heterocycles. The highest BCUT2D eigenvalue weighted by atomic mass is 32.2. The van der Waals surface area contributed by atoms with Crippen molar-refractivity contribution in [2.24, 2.45) is 0 Å². The predicted octanol–water partition coefficient (Wildman–Crippen LogP) is 5.35. The van der Waals surface area contributed by atoms with Crippen molar-refractivity contribution in [2.45, 2.75) is 50.7 Å². The third-order valence-electron chi connectivity index (χ3n) is 6.04. The first-order valence-corrected chi connectivity index (χ1v) is 12.2. The lowest BCUT2D eigenvalue weighted by Gasteiger charge is -2.23. The van der Waals surface area contributed by atoms with Crippen LogP contribution in [-0.4, -0.2) is 33.8 Å². The summed E-state index contributed by atoms with van der Waals surface area (Å²) in [4.78, 5) is 14.4. The largest absolute Gasteiger partial charge is 0.423 e. The molecule has 0 N–H and O–H groups in total. The zero-order valence-corrected chi connectivity index (χ0v) is 20.6. The van der Waals surface area contributed by atoms with Gasteiger partial charge in [0, 0.05) is 17.2 Å². The van der Waals surface area contributed by atoms with Crippen LogP contribution in [0.1, 0.15) is 47.5 Å². The Hall–Kier alpha value is -2.90. The van der Waals surface area contributed by atoms with Crippen LogP contribution in [0, 0.1) is 13.8 Å². The van der Waals surface area contributed by atoms with Crippen LogP contribution in [0.2, 0.25) is 0 Å². The highest BCUT2D eigenvalue weighted by molar-refractivity contribution is 7.98. The molecule has 4 rings (SSSR count). The minimum absolute atomic E-state index is 0.172. The molecule has 4 aromatic rings. The van der Waals surface area contributed by atoms with E-state index in [1.54, 1.807) is 17.8 Å². The molecule has 0 fully saturated rings. The summed E-state index contributed by atoms with van der Waals surface area (Å²) < 4.78 is 7.67. The lowest BCUT2D eigenvalue weighted by atomic mass is 10.0. The van der Waals surface area contributed by atoms with E-state index in [0.29, 0.717) is 17.9 Å². The Kier molecular flexibility index (Phi) is 7.00. The van der Waals surface area contributed by atoms with Crippen molar-refractivity contribution in [3.8, 4) is 0 Å². The van der Waals surface area contributed by atoms with Crippen LogP contribution in [0.4, 0.5) is 0 Å². The van der Waals surface area contributed by atoms with Crippen LogP contribution in [0.25, 0.3) is 11.0 Å². The molecule has 7 heteroatoms. The average Bonchev–Trinajstić information content (AvgIpc) is 3.16. The maximum absolute atomic E-state index is 12.2. The van der Waals surface area contributed by atoms with Gasteiger partial charge >= 0.3 is 5.63 Å². The molecular weight excluding hydrogens is 432 g/mol. The minimum Gasteiger partial charge on any atom is -0.423 e. The molecule has 6 nitrogen and oxygen atoms in total. The first-order valence-electron chi connectivity index (χ1n) is 11.2. The summed E-state index contributed by atoms with van der Waals surface area (Å²) in [6.07, 6.45) is 0.938. The van der Waals surface area contributed by atoms with E-state index in [2.05, 4.69) is 77.9 Å². The van der Waals surface area contributed by atoms with Crippen molar-refractivity contribution < 1.29 is 4.42 Å². The number of benzene rings is 2. The number of nitrogens with zero attached hydrogens (tertiary/aromatic N) is 4. The molecule has 1 atom stereocenters. The van der Waals surface area contributed by atoms with Gasteiger partial charge in [-0.25, -0.2) is 4.79 Å². The summed E-state index contributed by atoms with van der Waals surface area (Å²) in [5.41, 5.74) is 4.74. The molecule has 172 valence electrons. The van der Waals surface area contributed by atoms with E-state index in [9.17, 15) is 4.79 Å². The Labute approximate surface area is 198 Å². The lowest BCUT2D eigenvalue weighted by Crippen LogP contribution is -2.23. The normalized spacial score (nSPS) is 12.5. The van der Waals surface area contributed by atoms with Crippen LogP contribution in [0.15, 0.2) is 62.9 Å². The zero-order valence-electron chi connectivity index (χ0n) is 19.8. The molecule has 0 amide bonds. The standard InChI is InChI=1S/C26H30N4O2S/c1-6-22(29(4)5)25-27-28-26(30(25)15-19-10-8-7-9-11-19)33-16-20-14-24(31)32-23-13-18(3)17(2)12-21(20)23/h7-14,22H,6,15-16H2,1-5H3. The second-order valence-corrected chi connectivity index (χ2v) is 9.55. The maximum Gasteiger partial charge on any atom is 0.336 e. The lowest BCUT2D eigenvalue weighted by molar-refractivity contribution is 0.272. The van der Waals surface area contributed by atoms with Gasteiger partial charge in [-0.05, 0) is 68.8 Å². The van der Waals surface area contributed by atoms with Crippen molar-refractivity contribution in [3.63, 3.8) is 0 Å². The Morgan fingerprint density at radius 3 is 2.48 bits per heavy atom. The van der Waals surface area contributed by atoms with Crippen molar-refractivity contribution >= 4 is 22.7 Å². The van der Waals surface area contributed by atoms with E-state index >= 15 is 0 Å². The zero-order chi connectivity index (χ0) is 23.5. The van der Waals surface area contributed by atoms with E-state index in [1.165, 1.54) is 11.1 Å². The average molecular weight is 463 g/mol. The number of thioether (sulfide) groups is 1. The molecule has 33 heavy (non-hydrogen) atoms. The molecule has 2 aromatic carbocycles. The highest BCUT2D eigenvalue weighted by Crippen LogP contribution is 2.30. The molecule has 2 aromatic heterocycles. The summed E-state index contributed by atoms with van der Waals surface area (Å²) in [5.74, 6) is 1.56. The monoisotopic (exact) mass is 462 g/mol. The number of rotatable bonds is 8. The highest BCUT2D eigenvalue weighted by Gasteiger charge is 2.22. The van der Waals surface area contributed by atoms with E-state index in [4.69, 9.17) is 4.42 Å². The second-order valence-electron chi connectivity index (χ2n) is 8.61. The van der Waals surface area contributed by atoms with Crippen LogP contribution in [0.5, 0.6) is 0 Å². The van der Waals surface area contributed by atoms with Gasteiger partial charge < -0.3 is 8.98 Å². The fourth-order valence-electron chi connectivity index (χ4n) is 4.09. The molecule has 0 saturated carbocycles. The molecule has 0 saturated heterocycles.